The molecular weight excluding hydrogens is 296 g/mol. The van der Waals surface area contributed by atoms with Crippen molar-refractivity contribution in [2.45, 2.75) is 13.0 Å². The number of nitrogens with one attached hydrogen (secondary N) is 2. The summed E-state index contributed by atoms with van der Waals surface area (Å²) in [4.78, 5) is 28.9. The van der Waals surface area contributed by atoms with E-state index in [1.807, 2.05) is 30.3 Å². The minimum absolute atomic E-state index is 0.170. The Bertz CT molecular complexity index is 899. The van der Waals surface area contributed by atoms with Crippen molar-refractivity contribution in [2.75, 3.05) is 6.61 Å². The van der Waals surface area contributed by atoms with Crippen LogP contribution in [-0.2, 0) is 0 Å². The van der Waals surface area contributed by atoms with Crippen molar-refractivity contribution >= 4 is 11.6 Å². The maximum atomic E-state index is 12.3. The summed E-state index contributed by atoms with van der Waals surface area (Å²) in [6, 6.07) is 10.3. The molecule has 0 saturated carbocycles. The van der Waals surface area contributed by atoms with Crippen molar-refractivity contribution in [2.24, 2.45) is 0 Å². The van der Waals surface area contributed by atoms with E-state index < -0.39 is 5.91 Å². The molecule has 118 valence electrons. The van der Waals surface area contributed by atoms with E-state index in [2.05, 4.69) is 15.4 Å². The number of carbonyl (C=O) groups is 1. The Labute approximate surface area is 131 Å². The summed E-state index contributed by atoms with van der Waals surface area (Å²) in [5.74, 6) is -0.401. The Morgan fingerprint density at radius 2 is 2.13 bits per heavy atom. The van der Waals surface area contributed by atoms with Gasteiger partial charge in [-0.2, -0.15) is 0 Å². The van der Waals surface area contributed by atoms with Crippen molar-refractivity contribution < 1.29 is 9.90 Å². The predicted molar refractivity (Wildman–Crippen MR) is 85.3 cm³/mol. The molecule has 3 rings (SSSR count). The van der Waals surface area contributed by atoms with Gasteiger partial charge in [-0.05, 0) is 6.92 Å². The van der Waals surface area contributed by atoms with Gasteiger partial charge in [-0.25, -0.2) is 9.50 Å². The minimum atomic E-state index is -0.401. The van der Waals surface area contributed by atoms with Crippen LogP contribution in [0.1, 0.15) is 17.3 Å². The molecule has 2 heterocycles. The fraction of sp³-hybridized carbons (Fsp3) is 0.188. The molecule has 1 aromatic carbocycles. The first-order valence-electron chi connectivity index (χ1n) is 7.18. The van der Waals surface area contributed by atoms with Crippen molar-refractivity contribution in [3.63, 3.8) is 0 Å². The van der Waals surface area contributed by atoms with Crippen LogP contribution >= 0.6 is 0 Å². The molecule has 0 aliphatic rings. The standard InChI is InChI=1S/C16H16N4O3/c1-10(9-21)18-16(23)12-8-17-20-14(22)7-13(19-15(12)20)11-5-3-2-4-6-11/h2-8,10,17,21H,9H2,1H3,(H,18,23)/t10-/m0/s1. The van der Waals surface area contributed by atoms with E-state index in [1.165, 1.54) is 16.8 Å². The number of aromatic amines is 1. The van der Waals surface area contributed by atoms with Gasteiger partial charge in [0.1, 0.15) is 5.56 Å². The van der Waals surface area contributed by atoms with E-state index in [-0.39, 0.29) is 29.4 Å². The molecule has 0 bridgehead atoms. The van der Waals surface area contributed by atoms with E-state index in [9.17, 15) is 9.59 Å². The number of nitrogens with zero attached hydrogens (tertiary/aromatic N) is 2. The van der Waals surface area contributed by atoms with Crippen LogP contribution in [0.5, 0.6) is 0 Å². The second-order valence-corrected chi connectivity index (χ2v) is 5.25. The van der Waals surface area contributed by atoms with Gasteiger partial charge in [0.05, 0.1) is 12.3 Å². The molecule has 0 radical (unpaired) electrons. The van der Waals surface area contributed by atoms with Crippen LogP contribution in [0, 0.1) is 0 Å². The third kappa shape index (κ3) is 2.86. The lowest BCUT2D eigenvalue weighted by Gasteiger charge is -2.09. The van der Waals surface area contributed by atoms with E-state index >= 15 is 0 Å². The number of aromatic nitrogens is 3. The zero-order chi connectivity index (χ0) is 16.4. The molecule has 0 aliphatic carbocycles. The number of hydrogen-bond donors (Lipinski definition) is 3. The molecule has 0 aliphatic heterocycles. The summed E-state index contributed by atoms with van der Waals surface area (Å²) in [5.41, 5.74) is 1.49. The number of aliphatic hydroxyl groups excluding tert-OH is 1. The van der Waals surface area contributed by atoms with Gasteiger partial charge in [-0.15, -0.1) is 0 Å². The Morgan fingerprint density at radius 3 is 2.83 bits per heavy atom. The molecule has 1 atom stereocenters. The molecule has 7 heteroatoms. The second kappa shape index (κ2) is 6.05. The first-order chi connectivity index (χ1) is 11.1. The van der Waals surface area contributed by atoms with Gasteiger partial charge in [-0.1, -0.05) is 30.3 Å². The number of hydrogen-bond acceptors (Lipinski definition) is 4. The van der Waals surface area contributed by atoms with E-state index in [0.29, 0.717) is 5.69 Å². The van der Waals surface area contributed by atoms with Crippen LogP contribution < -0.4 is 10.9 Å². The molecule has 3 N–H and O–H groups in total. The Morgan fingerprint density at radius 1 is 1.39 bits per heavy atom. The Kier molecular flexibility index (Phi) is 3.94. The average molecular weight is 312 g/mol. The molecule has 1 amide bonds. The number of benzene rings is 1. The topological polar surface area (TPSA) is 99.5 Å². The predicted octanol–water partition coefficient (Wildman–Crippen LogP) is 0.800. The van der Waals surface area contributed by atoms with Crippen LogP contribution in [-0.4, -0.2) is 38.3 Å². The normalized spacial score (nSPS) is 12.3. The molecule has 0 spiro atoms. The van der Waals surface area contributed by atoms with Crippen molar-refractivity contribution in [1.82, 2.24) is 19.9 Å². The SMILES string of the molecule is C[C@@H](CO)NC(=O)c1c[nH]n2c(=O)cc(-c3ccccc3)nc12. The van der Waals surface area contributed by atoms with Crippen molar-refractivity contribution in [1.29, 1.82) is 0 Å². The molecular formula is C16H16N4O3. The van der Waals surface area contributed by atoms with Gasteiger partial charge < -0.3 is 10.4 Å². The smallest absolute Gasteiger partial charge is 0.273 e. The van der Waals surface area contributed by atoms with E-state index in [4.69, 9.17) is 5.11 Å². The molecule has 3 aromatic rings. The fourth-order valence-electron chi connectivity index (χ4n) is 2.25. The first-order valence-corrected chi connectivity index (χ1v) is 7.18. The Hall–Kier alpha value is -2.93. The zero-order valence-corrected chi connectivity index (χ0v) is 12.5. The van der Waals surface area contributed by atoms with Crippen LogP contribution in [0.15, 0.2) is 47.4 Å². The molecule has 2 aromatic heterocycles. The van der Waals surface area contributed by atoms with E-state index in [0.717, 1.165) is 5.56 Å². The molecule has 7 nitrogen and oxygen atoms in total. The average Bonchev–Trinajstić information content (AvgIpc) is 3.00. The lowest BCUT2D eigenvalue weighted by atomic mass is 10.1. The first kappa shape index (κ1) is 15.0. The quantitative estimate of drug-likeness (QED) is 0.663. The van der Waals surface area contributed by atoms with Crippen LogP contribution in [0.2, 0.25) is 0 Å². The third-order valence-corrected chi connectivity index (χ3v) is 3.46. The molecule has 23 heavy (non-hydrogen) atoms. The molecule has 0 unspecified atom stereocenters. The number of amides is 1. The van der Waals surface area contributed by atoms with Gasteiger partial charge in [0.2, 0.25) is 0 Å². The molecule has 0 saturated heterocycles. The number of H-pyrrole nitrogens is 1. The number of fused-ring (bicyclic) bond motifs is 1. The number of rotatable bonds is 4. The van der Waals surface area contributed by atoms with Crippen LogP contribution in [0.3, 0.4) is 0 Å². The lowest BCUT2D eigenvalue weighted by Crippen LogP contribution is -2.35. The summed E-state index contributed by atoms with van der Waals surface area (Å²) >= 11 is 0. The zero-order valence-electron chi connectivity index (χ0n) is 12.5. The Balaban J connectivity index is 2.10. The maximum absolute atomic E-state index is 12.3. The van der Waals surface area contributed by atoms with Gasteiger partial charge in [-0.3, -0.25) is 14.7 Å². The highest BCUT2D eigenvalue weighted by atomic mass is 16.3. The van der Waals surface area contributed by atoms with Gasteiger partial charge in [0.15, 0.2) is 5.65 Å². The molecule has 0 fully saturated rings. The fourth-order valence-corrected chi connectivity index (χ4v) is 2.25. The van der Waals surface area contributed by atoms with Crippen molar-refractivity contribution in [3.8, 4) is 11.3 Å². The van der Waals surface area contributed by atoms with Gasteiger partial charge >= 0.3 is 0 Å². The van der Waals surface area contributed by atoms with E-state index in [1.54, 1.807) is 6.92 Å². The summed E-state index contributed by atoms with van der Waals surface area (Å²) in [6.07, 6.45) is 1.43. The summed E-state index contributed by atoms with van der Waals surface area (Å²) in [6.45, 7) is 1.51. The summed E-state index contributed by atoms with van der Waals surface area (Å²) in [7, 11) is 0. The monoisotopic (exact) mass is 312 g/mol. The van der Waals surface area contributed by atoms with Gasteiger partial charge in [0, 0.05) is 23.9 Å². The third-order valence-electron chi connectivity index (χ3n) is 3.46. The highest BCUT2D eigenvalue weighted by Crippen LogP contribution is 2.16. The number of carbonyl (C=O) groups excluding carboxylic acids is 1. The van der Waals surface area contributed by atoms with Gasteiger partial charge in [0.25, 0.3) is 11.5 Å². The van der Waals surface area contributed by atoms with Crippen molar-refractivity contribution in [3.05, 3.63) is 58.5 Å². The highest BCUT2D eigenvalue weighted by Gasteiger charge is 2.17. The summed E-state index contributed by atoms with van der Waals surface area (Å²) < 4.78 is 1.21. The van der Waals surface area contributed by atoms with Crippen LogP contribution in [0.4, 0.5) is 0 Å². The largest absolute Gasteiger partial charge is 0.394 e. The number of aliphatic hydroxyl groups is 1. The summed E-state index contributed by atoms with van der Waals surface area (Å²) in [5, 5.41) is 14.4. The lowest BCUT2D eigenvalue weighted by molar-refractivity contribution is 0.0924. The minimum Gasteiger partial charge on any atom is -0.394 e. The maximum Gasteiger partial charge on any atom is 0.273 e. The second-order valence-electron chi connectivity index (χ2n) is 5.25. The highest BCUT2D eigenvalue weighted by molar-refractivity contribution is 6.00. The van der Waals surface area contributed by atoms with Crippen LogP contribution in [0.25, 0.3) is 16.9 Å².